The highest BCUT2D eigenvalue weighted by Crippen LogP contribution is 2.19. The SMILES string of the molecule is COc1ccc(C2=c3ccc(N(C)C)c(C)c3=NCO2)cc1. The van der Waals surface area contributed by atoms with Crippen LogP contribution >= 0.6 is 0 Å². The van der Waals surface area contributed by atoms with Gasteiger partial charge >= 0.3 is 0 Å². The average molecular weight is 296 g/mol. The zero-order valence-electron chi connectivity index (χ0n) is 13.4. The van der Waals surface area contributed by atoms with Gasteiger partial charge in [-0.25, -0.2) is 4.99 Å². The lowest BCUT2D eigenvalue weighted by Gasteiger charge is -2.19. The minimum Gasteiger partial charge on any atom is -0.497 e. The maximum atomic E-state index is 5.81. The summed E-state index contributed by atoms with van der Waals surface area (Å²) in [5.41, 5.74) is 3.39. The monoisotopic (exact) mass is 296 g/mol. The van der Waals surface area contributed by atoms with E-state index in [4.69, 9.17) is 9.47 Å². The molecule has 4 heteroatoms. The van der Waals surface area contributed by atoms with Gasteiger partial charge in [-0.3, -0.25) is 0 Å². The van der Waals surface area contributed by atoms with Crippen LogP contribution in [-0.2, 0) is 4.74 Å². The van der Waals surface area contributed by atoms with Gasteiger partial charge in [-0.1, -0.05) is 0 Å². The van der Waals surface area contributed by atoms with E-state index in [9.17, 15) is 0 Å². The summed E-state index contributed by atoms with van der Waals surface area (Å²) in [4.78, 5) is 6.66. The molecule has 0 N–H and O–H groups in total. The van der Waals surface area contributed by atoms with Crippen molar-refractivity contribution in [1.82, 2.24) is 0 Å². The van der Waals surface area contributed by atoms with Gasteiger partial charge in [-0.15, -0.1) is 0 Å². The van der Waals surface area contributed by atoms with E-state index in [2.05, 4.69) is 28.9 Å². The molecule has 114 valence electrons. The van der Waals surface area contributed by atoms with E-state index in [1.54, 1.807) is 7.11 Å². The predicted octanol–water partition coefficient (Wildman–Crippen LogP) is 1.83. The fourth-order valence-corrected chi connectivity index (χ4v) is 2.78. The topological polar surface area (TPSA) is 34.1 Å². The number of ether oxygens (including phenoxy) is 2. The van der Waals surface area contributed by atoms with Gasteiger partial charge in [0, 0.05) is 30.6 Å². The number of rotatable bonds is 3. The van der Waals surface area contributed by atoms with Crippen molar-refractivity contribution in [2.45, 2.75) is 6.92 Å². The second-order valence-electron chi connectivity index (χ2n) is 5.49. The van der Waals surface area contributed by atoms with Gasteiger partial charge in [-0.05, 0) is 48.9 Å². The van der Waals surface area contributed by atoms with Crippen molar-refractivity contribution >= 4 is 11.4 Å². The molecule has 0 unspecified atom stereocenters. The van der Waals surface area contributed by atoms with Crippen LogP contribution in [0.1, 0.15) is 11.1 Å². The molecule has 1 aliphatic rings. The Morgan fingerprint density at radius 3 is 2.45 bits per heavy atom. The average Bonchev–Trinajstić information content (AvgIpc) is 2.54. The number of fused-ring (bicyclic) bond motifs is 1. The molecular formula is C18H20N2O2. The number of methoxy groups -OCH3 is 1. The van der Waals surface area contributed by atoms with Gasteiger partial charge in [0.2, 0.25) is 0 Å². The summed E-state index contributed by atoms with van der Waals surface area (Å²) in [6.45, 7) is 2.46. The maximum absolute atomic E-state index is 5.81. The van der Waals surface area contributed by atoms with Crippen LogP contribution in [0.2, 0.25) is 0 Å². The van der Waals surface area contributed by atoms with Crippen LogP contribution in [0.15, 0.2) is 41.4 Å². The Hall–Kier alpha value is -2.49. The first-order chi connectivity index (χ1) is 10.6. The molecule has 0 aromatic heterocycles. The van der Waals surface area contributed by atoms with Crippen molar-refractivity contribution in [2.75, 3.05) is 32.8 Å². The largest absolute Gasteiger partial charge is 0.497 e. The molecular weight excluding hydrogens is 276 g/mol. The number of hydrogen-bond acceptors (Lipinski definition) is 4. The standard InChI is InChI=1S/C18H20N2O2/c1-12-16(20(2)3)10-9-15-17(12)19-11-22-18(15)13-5-7-14(21-4)8-6-13/h5-10H,11H2,1-4H3. The quantitative estimate of drug-likeness (QED) is 0.866. The van der Waals surface area contributed by atoms with Gasteiger partial charge < -0.3 is 14.4 Å². The number of nitrogens with zero attached hydrogens (tertiary/aromatic N) is 2. The Balaban J connectivity index is 2.22. The molecule has 1 aliphatic heterocycles. The molecule has 0 radical (unpaired) electrons. The summed E-state index contributed by atoms with van der Waals surface area (Å²) >= 11 is 0. The van der Waals surface area contributed by atoms with Gasteiger partial charge in [0.25, 0.3) is 0 Å². The van der Waals surface area contributed by atoms with Crippen LogP contribution in [0.4, 0.5) is 5.69 Å². The van der Waals surface area contributed by atoms with Crippen LogP contribution in [0.25, 0.3) is 5.76 Å². The fraction of sp³-hybridized carbons (Fsp3) is 0.278. The number of benzene rings is 2. The first-order valence-electron chi connectivity index (χ1n) is 7.25. The molecule has 2 aromatic rings. The Bertz CT molecular complexity index is 808. The molecule has 0 amide bonds. The van der Waals surface area contributed by atoms with E-state index in [1.165, 1.54) is 11.3 Å². The van der Waals surface area contributed by atoms with Crippen molar-refractivity contribution in [3.8, 4) is 5.75 Å². The Morgan fingerprint density at radius 2 is 1.82 bits per heavy atom. The van der Waals surface area contributed by atoms with Crippen molar-refractivity contribution in [2.24, 2.45) is 4.99 Å². The molecule has 2 aromatic carbocycles. The molecule has 0 bridgehead atoms. The third-order valence-electron chi connectivity index (χ3n) is 3.91. The Morgan fingerprint density at radius 1 is 1.09 bits per heavy atom. The van der Waals surface area contributed by atoms with E-state index in [1.807, 2.05) is 38.4 Å². The number of anilines is 1. The van der Waals surface area contributed by atoms with E-state index in [-0.39, 0.29) is 0 Å². The second-order valence-corrected chi connectivity index (χ2v) is 5.49. The summed E-state index contributed by atoms with van der Waals surface area (Å²) in [6, 6.07) is 12.1. The fourth-order valence-electron chi connectivity index (χ4n) is 2.78. The normalized spacial score (nSPS) is 13.0. The summed E-state index contributed by atoms with van der Waals surface area (Å²) in [7, 11) is 5.75. The van der Waals surface area contributed by atoms with E-state index in [0.717, 1.165) is 27.6 Å². The molecule has 4 nitrogen and oxygen atoms in total. The highest BCUT2D eigenvalue weighted by molar-refractivity contribution is 5.63. The first-order valence-corrected chi connectivity index (χ1v) is 7.25. The third kappa shape index (κ3) is 2.41. The Labute approximate surface area is 130 Å². The van der Waals surface area contributed by atoms with Crippen LogP contribution in [0, 0.1) is 6.92 Å². The van der Waals surface area contributed by atoms with Crippen LogP contribution in [0.3, 0.4) is 0 Å². The summed E-state index contributed by atoms with van der Waals surface area (Å²) < 4.78 is 11.0. The van der Waals surface area contributed by atoms with Crippen LogP contribution in [0.5, 0.6) is 5.75 Å². The third-order valence-corrected chi connectivity index (χ3v) is 3.91. The van der Waals surface area contributed by atoms with Crippen molar-refractivity contribution in [1.29, 1.82) is 0 Å². The van der Waals surface area contributed by atoms with Gasteiger partial charge in [0.05, 0.1) is 12.5 Å². The molecule has 0 fully saturated rings. The molecule has 0 aliphatic carbocycles. The van der Waals surface area contributed by atoms with Gasteiger partial charge in [-0.2, -0.15) is 0 Å². The summed E-state index contributed by atoms with van der Waals surface area (Å²) in [6.07, 6.45) is 0. The lowest BCUT2D eigenvalue weighted by Crippen LogP contribution is -2.36. The molecule has 0 atom stereocenters. The second kappa shape index (κ2) is 5.72. The van der Waals surface area contributed by atoms with E-state index in [0.29, 0.717) is 6.73 Å². The highest BCUT2D eigenvalue weighted by atomic mass is 16.5. The molecule has 0 spiro atoms. The van der Waals surface area contributed by atoms with E-state index >= 15 is 0 Å². The molecule has 0 saturated heterocycles. The minimum atomic E-state index is 0.353. The minimum absolute atomic E-state index is 0.353. The lowest BCUT2D eigenvalue weighted by atomic mass is 10.1. The van der Waals surface area contributed by atoms with Crippen LogP contribution < -0.4 is 20.2 Å². The maximum Gasteiger partial charge on any atom is 0.179 e. The van der Waals surface area contributed by atoms with Gasteiger partial charge in [0.1, 0.15) is 11.5 Å². The Kier molecular flexibility index (Phi) is 3.75. The van der Waals surface area contributed by atoms with Crippen molar-refractivity contribution in [3.05, 3.63) is 58.1 Å². The highest BCUT2D eigenvalue weighted by Gasteiger charge is 2.13. The van der Waals surface area contributed by atoms with Crippen molar-refractivity contribution < 1.29 is 9.47 Å². The number of hydrogen-bond donors (Lipinski definition) is 0. The summed E-state index contributed by atoms with van der Waals surface area (Å²) in [5, 5.41) is 2.06. The molecule has 22 heavy (non-hydrogen) atoms. The summed E-state index contributed by atoms with van der Waals surface area (Å²) in [5.74, 6) is 1.71. The van der Waals surface area contributed by atoms with E-state index < -0.39 is 0 Å². The molecule has 0 saturated carbocycles. The molecule has 1 heterocycles. The van der Waals surface area contributed by atoms with Crippen molar-refractivity contribution in [3.63, 3.8) is 0 Å². The predicted molar refractivity (Wildman–Crippen MR) is 87.7 cm³/mol. The zero-order chi connectivity index (χ0) is 15.7. The lowest BCUT2D eigenvalue weighted by molar-refractivity contribution is 0.276. The van der Waals surface area contributed by atoms with Gasteiger partial charge in [0.15, 0.2) is 6.73 Å². The zero-order valence-corrected chi connectivity index (χ0v) is 13.4. The van der Waals surface area contributed by atoms with Crippen LogP contribution in [-0.4, -0.2) is 27.9 Å². The first kappa shape index (κ1) is 14.4. The smallest absolute Gasteiger partial charge is 0.179 e. The molecule has 3 rings (SSSR count).